The first-order valence-corrected chi connectivity index (χ1v) is 15.0. The average Bonchev–Trinajstić information content (AvgIpc) is 3.84. The Hall–Kier alpha value is -4.09. The summed E-state index contributed by atoms with van der Waals surface area (Å²) in [6, 6.07) is 12.8. The summed E-state index contributed by atoms with van der Waals surface area (Å²) in [4.78, 5) is 29.1. The van der Waals surface area contributed by atoms with E-state index in [2.05, 4.69) is 32.3 Å². The maximum Gasteiger partial charge on any atom is 0.251 e. The maximum absolute atomic E-state index is 12.9. The highest BCUT2D eigenvalue weighted by molar-refractivity contribution is 7.91. The van der Waals surface area contributed by atoms with Gasteiger partial charge in [-0.15, -0.1) is 0 Å². The van der Waals surface area contributed by atoms with Crippen molar-refractivity contribution in [1.29, 1.82) is 0 Å². The number of aromatic nitrogens is 3. The molecule has 40 heavy (non-hydrogen) atoms. The van der Waals surface area contributed by atoms with Crippen LogP contribution in [0.5, 0.6) is 5.75 Å². The highest BCUT2D eigenvalue weighted by Gasteiger charge is 2.30. The zero-order valence-corrected chi connectivity index (χ0v) is 22.5. The maximum atomic E-state index is 12.9. The van der Waals surface area contributed by atoms with Crippen molar-refractivity contribution in [1.82, 2.24) is 20.3 Å². The summed E-state index contributed by atoms with van der Waals surface area (Å²) in [5.41, 5.74) is 2.54. The molecule has 1 saturated carbocycles. The first kappa shape index (κ1) is 24.9. The molecule has 2 aliphatic heterocycles. The monoisotopic (exact) mass is 557 g/mol. The van der Waals surface area contributed by atoms with Gasteiger partial charge in [0.15, 0.2) is 21.4 Å². The predicted molar refractivity (Wildman–Crippen MR) is 148 cm³/mol. The van der Waals surface area contributed by atoms with Crippen LogP contribution in [0.1, 0.15) is 46.2 Å². The van der Waals surface area contributed by atoms with E-state index in [4.69, 9.17) is 14.5 Å². The fourth-order valence-corrected chi connectivity index (χ4v) is 6.48. The van der Waals surface area contributed by atoms with Crippen LogP contribution in [0.4, 0.5) is 11.5 Å². The number of benzene rings is 2. The molecule has 0 saturated heterocycles. The van der Waals surface area contributed by atoms with Gasteiger partial charge in [-0.1, -0.05) is 12.1 Å². The van der Waals surface area contributed by atoms with E-state index in [1.807, 2.05) is 12.1 Å². The van der Waals surface area contributed by atoms with Crippen LogP contribution in [-0.4, -0.2) is 54.8 Å². The summed E-state index contributed by atoms with van der Waals surface area (Å²) in [6.45, 7) is 1.77. The van der Waals surface area contributed by atoms with Gasteiger partial charge >= 0.3 is 0 Å². The Labute approximate surface area is 231 Å². The molecule has 0 unspecified atom stereocenters. The summed E-state index contributed by atoms with van der Waals surface area (Å²) in [7, 11) is -3.50. The summed E-state index contributed by atoms with van der Waals surface area (Å²) in [6.07, 6.45) is 5.82. The highest BCUT2D eigenvalue weighted by atomic mass is 32.2. The summed E-state index contributed by atoms with van der Waals surface area (Å²) < 4.78 is 36.4. The van der Waals surface area contributed by atoms with Crippen molar-refractivity contribution in [2.45, 2.75) is 36.8 Å². The lowest BCUT2D eigenvalue weighted by atomic mass is 10.1. The lowest BCUT2D eigenvalue weighted by Crippen LogP contribution is -2.30. The molecule has 0 radical (unpaired) electrons. The van der Waals surface area contributed by atoms with Crippen molar-refractivity contribution in [2.75, 3.05) is 30.4 Å². The first-order valence-electron chi connectivity index (χ1n) is 13.3. The van der Waals surface area contributed by atoms with Crippen molar-refractivity contribution in [3.8, 4) is 5.75 Å². The van der Waals surface area contributed by atoms with Crippen LogP contribution in [0.25, 0.3) is 10.8 Å². The number of hydrogen-bond acceptors (Lipinski definition) is 9. The van der Waals surface area contributed by atoms with Crippen molar-refractivity contribution >= 4 is 38.0 Å². The SMILES string of the molecule is O=C(NCc1cc2cc(N3CCOc4cnc(C5CC5)nc43)ccc2cn1)c1ccc2c(c1)S(=O)(=O)CCOC2. The summed E-state index contributed by atoms with van der Waals surface area (Å²) >= 11 is 0. The molecule has 1 aliphatic carbocycles. The Kier molecular flexibility index (Phi) is 6.12. The van der Waals surface area contributed by atoms with Crippen LogP contribution in [0, 0.1) is 0 Å². The van der Waals surface area contributed by atoms with Gasteiger partial charge in [-0.25, -0.2) is 18.4 Å². The van der Waals surface area contributed by atoms with Crippen molar-refractivity contribution < 1.29 is 22.7 Å². The van der Waals surface area contributed by atoms with Crippen LogP contribution in [0.15, 0.2) is 59.8 Å². The number of sulfone groups is 1. The van der Waals surface area contributed by atoms with Gasteiger partial charge in [0.25, 0.3) is 5.91 Å². The van der Waals surface area contributed by atoms with Gasteiger partial charge in [0.05, 0.1) is 48.8 Å². The van der Waals surface area contributed by atoms with Gasteiger partial charge < -0.3 is 19.7 Å². The number of hydrogen-bond donors (Lipinski definition) is 1. The van der Waals surface area contributed by atoms with E-state index in [1.165, 1.54) is 6.07 Å². The van der Waals surface area contributed by atoms with Crippen LogP contribution in [-0.2, 0) is 27.7 Å². The molecular formula is C29H27N5O5S. The zero-order valence-electron chi connectivity index (χ0n) is 21.7. The second kappa shape index (κ2) is 9.83. The second-order valence-electron chi connectivity index (χ2n) is 10.3. The Morgan fingerprint density at radius 2 is 1.93 bits per heavy atom. The second-order valence-corrected chi connectivity index (χ2v) is 12.4. The minimum Gasteiger partial charge on any atom is -0.486 e. The first-order chi connectivity index (χ1) is 19.4. The standard InChI is InChI=1S/C29H27N5O5S/c35-29(19-3-4-21-17-38-9-10-40(36,37)26(21)13-19)32-15-23-11-22-12-24(6-5-20(22)14-30-23)34-7-8-39-25-16-31-27(18-1-2-18)33-28(25)34/h3-6,11-14,16,18H,1-2,7-10,15,17H2,(H,32,35). The number of anilines is 2. The number of nitrogens with one attached hydrogen (secondary N) is 1. The van der Waals surface area contributed by atoms with Crippen molar-refractivity contribution in [2.24, 2.45) is 0 Å². The largest absolute Gasteiger partial charge is 0.486 e. The number of carbonyl (C=O) groups is 1. The molecule has 2 aromatic heterocycles. The Morgan fingerprint density at radius 3 is 2.80 bits per heavy atom. The zero-order chi connectivity index (χ0) is 27.3. The fraction of sp³-hybridized carbons (Fsp3) is 0.310. The lowest BCUT2D eigenvalue weighted by Gasteiger charge is -2.30. The Morgan fingerprint density at radius 1 is 1.02 bits per heavy atom. The third-order valence-electron chi connectivity index (χ3n) is 7.45. The number of ether oxygens (including phenoxy) is 2. The molecule has 11 heteroatoms. The highest BCUT2D eigenvalue weighted by Crippen LogP contribution is 2.42. The van der Waals surface area contributed by atoms with E-state index in [0.29, 0.717) is 36.1 Å². The fourth-order valence-electron chi connectivity index (χ4n) is 5.09. The molecule has 4 heterocycles. The minimum atomic E-state index is -3.50. The molecule has 204 valence electrons. The Bertz CT molecular complexity index is 1760. The van der Waals surface area contributed by atoms with Crippen LogP contribution >= 0.6 is 0 Å². The minimum absolute atomic E-state index is 0.0985. The van der Waals surface area contributed by atoms with Gasteiger partial charge in [0, 0.05) is 28.8 Å². The van der Waals surface area contributed by atoms with E-state index in [-0.39, 0.29) is 41.9 Å². The molecular weight excluding hydrogens is 530 g/mol. The van der Waals surface area contributed by atoms with E-state index >= 15 is 0 Å². The van der Waals surface area contributed by atoms with E-state index in [1.54, 1.807) is 24.5 Å². The molecule has 1 amide bonds. The number of amides is 1. The molecule has 2 aromatic carbocycles. The summed E-state index contributed by atoms with van der Waals surface area (Å²) in [5, 5.41) is 4.83. The third kappa shape index (κ3) is 4.75. The molecule has 4 aromatic rings. The van der Waals surface area contributed by atoms with E-state index in [9.17, 15) is 13.2 Å². The number of pyridine rings is 1. The topological polar surface area (TPSA) is 124 Å². The van der Waals surface area contributed by atoms with Crippen LogP contribution < -0.4 is 15.0 Å². The molecule has 0 bridgehead atoms. The number of fused-ring (bicyclic) bond motifs is 3. The van der Waals surface area contributed by atoms with Crippen LogP contribution in [0.2, 0.25) is 0 Å². The lowest BCUT2D eigenvalue weighted by molar-refractivity contribution is 0.0950. The predicted octanol–water partition coefficient (Wildman–Crippen LogP) is 3.67. The van der Waals surface area contributed by atoms with Crippen LogP contribution in [0.3, 0.4) is 0 Å². The average molecular weight is 558 g/mol. The molecule has 0 atom stereocenters. The molecule has 7 rings (SSSR count). The van der Waals surface area contributed by atoms with Gasteiger partial charge in [-0.05, 0) is 54.1 Å². The van der Waals surface area contributed by atoms with E-state index < -0.39 is 9.84 Å². The molecule has 1 fully saturated rings. The van der Waals surface area contributed by atoms with Gasteiger partial charge in [0.2, 0.25) is 0 Å². The molecule has 1 N–H and O–H groups in total. The molecule has 10 nitrogen and oxygen atoms in total. The van der Waals surface area contributed by atoms with E-state index in [0.717, 1.165) is 40.9 Å². The number of carbonyl (C=O) groups excluding carboxylic acids is 1. The number of nitrogens with zero attached hydrogens (tertiary/aromatic N) is 4. The van der Waals surface area contributed by atoms with Crippen molar-refractivity contribution in [3.63, 3.8) is 0 Å². The van der Waals surface area contributed by atoms with Crippen molar-refractivity contribution in [3.05, 3.63) is 77.5 Å². The number of rotatable bonds is 5. The Balaban J connectivity index is 1.11. The smallest absolute Gasteiger partial charge is 0.251 e. The normalized spacial score (nSPS) is 17.9. The van der Waals surface area contributed by atoms with Gasteiger partial charge in [-0.3, -0.25) is 9.78 Å². The summed E-state index contributed by atoms with van der Waals surface area (Å²) in [5.74, 6) is 2.33. The quantitative estimate of drug-likeness (QED) is 0.391. The molecule has 3 aliphatic rings. The van der Waals surface area contributed by atoms with Gasteiger partial charge in [0.1, 0.15) is 12.4 Å². The third-order valence-corrected chi connectivity index (χ3v) is 9.20. The van der Waals surface area contributed by atoms with Gasteiger partial charge in [-0.2, -0.15) is 0 Å². The molecule has 0 spiro atoms.